The van der Waals surface area contributed by atoms with Crippen LogP contribution in [0.15, 0.2) is 12.2 Å². The van der Waals surface area contributed by atoms with Crippen LogP contribution in [0, 0.1) is 0 Å². The molecule has 0 heterocycles. The molecule has 0 rings (SSSR count). The van der Waals surface area contributed by atoms with Crippen LogP contribution < -0.4 is 0 Å². The number of unbranched alkanes of at least 4 members (excludes halogenated alkanes) is 4. The van der Waals surface area contributed by atoms with E-state index in [-0.39, 0.29) is 6.42 Å². The topological polar surface area (TPSA) is 26.3 Å². The second kappa shape index (κ2) is 19.0. The molecule has 29 heavy (non-hydrogen) atoms. The predicted molar refractivity (Wildman–Crippen MR) is 119 cm³/mol. The fraction of sp³-hybridized carbons (Fsp3) is 0.864. The standard InChI is InChI=1S/C16H36N.C6H9BF3O2/c1-5-9-13-17(14-10-6-2,15-11-7-3)16-12-8-4;1-12-6(11)4-2-3-5-7(8,9)10/h5-16H2,1-4H3;2,4H,3,5H2,1H3/q+1;-1/b;4-2+. The van der Waals surface area contributed by atoms with Gasteiger partial charge in [0.15, 0.2) is 0 Å². The molecule has 3 nitrogen and oxygen atoms in total. The van der Waals surface area contributed by atoms with Gasteiger partial charge in [-0.2, -0.15) is 0 Å². The van der Waals surface area contributed by atoms with Gasteiger partial charge in [0, 0.05) is 6.08 Å². The van der Waals surface area contributed by atoms with Crippen LogP contribution in [0.25, 0.3) is 0 Å². The molecule has 0 radical (unpaired) electrons. The first kappa shape index (κ1) is 30.2. The Labute approximate surface area is 177 Å². The number of carbonyl (C=O) groups excluding carboxylic acids is 1. The summed E-state index contributed by atoms with van der Waals surface area (Å²) in [6.45, 7) is 10.3. The van der Waals surface area contributed by atoms with Crippen LogP contribution >= 0.6 is 0 Å². The Balaban J connectivity index is 0. The van der Waals surface area contributed by atoms with Crippen molar-refractivity contribution in [3.63, 3.8) is 0 Å². The average molecular weight is 423 g/mol. The van der Waals surface area contributed by atoms with Gasteiger partial charge in [0.05, 0.1) is 33.3 Å². The Kier molecular flexibility index (Phi) is 19.8. The van der Waals surface area contributed by atoms with E-state index in [0.717, 1.165) is 12.2 Å². The minimum atomic E-state index is -4.74. The zero-order valence-electron chi connectivity index (χ0n) is 19.5. The van der Waals surface area contributed by atoms with Gasteiger partial charge < -0.3 is 22.2 Å². The van der Waals surface area contributed by atoms with Gasteiger partial charge in [-0.05, 0) is 25.7 Å². The second-order valence-electron chi connectivity index (χ2n) is 7.86. The van der Waals surface area contributed by atoms with E-state index >= 15 is 0 Å². The van der Waals surface area contributed by atoms with Gasteiger partial charge in [0.1, 0.15) is 0 Å². The van der Waals surface area contributed by atoms with E-state index in [9.17, 15) is 17.7 Å². The molecule has 0 atom stereocenters. The number of halogens is 3. The molecule has 0 spiro atoms. The zero-order valence-corrected chi connectivity index (χ0v) is 19.5. The number of allylic oxidation sites excluding steroid dienone is 1. The monoisotopic (exact) mass is 423 g/mol. The lowest BCUT2D eigenvalue weighted by Crippen LogP contribution is -2.50. The number of ether oxygens (including phenoxy) is 1. The summed E-state index contributed by atoms with van der Waals surface area (Å²) in [6.07, 6.45) is 12.2. The van der Waals surface area contributed by atoms with Gasteiger partial charge in [0.25, 0.3) is 0 Å². The number of hydrogen-bond donors (Lipinski definition) is 0. The van der Waals surface area contributed by atoms with Crippen molar-refractivity contribution in [2.45, 2.75) is 91.8 Å². The van der Waals surface area contributed by atoms with Crippen LogP contribution in [-0.2, 0) is 9.53 Å². The van der Waals surface area contributed by atoms with E-state index in [1.165, 1.54) is 89.1 Å². The number of quaternary nitrogens is 1. The summed E-state index contributed by atoms with van der Waals surface area (Å²) in [5.74, 6) is -0.635. The highest BCUT2D eigenvalue weighted by Gasteiger charge is 2.24. The van der Waals surface area contributed by atoms with Crippen molar-refractivity contribution in [1.82, 2.24) is 0 Å². The molecule has 7 heteroatoms. The summed E-state index contributed by atoms with van der Waals surface area (Å²) < 4.78 is 40.3. The summed E-state index contributed by atoms with van der Waals surface area (Å²) in [4.78, 5) is 10.4. The van der Waals surface area contributed by atoms with Crippen molar-refractivity contribution in [3.8, 4) is 0 Å². The van der Waals surface area contributed by atoms with Crippen molar-refractivity contribution < 1.29 is 27.0 Å². The number of nitrogens with zero attached hydrogens (tertiary/aromatic N) is 1. The number of methoxy groups -OCH3 is 1. The van der Waals surface area contributed by atoms with Crippen molar-refractivity contribution in [3.05, 3.63) is 12.2 Å². The van der Waals surface area contributed by atoms with Crippen LogP contribution in [0.5, 0.6) is 0 Å². The maximum absolute atomic E-state index is 11.6. The molecular weight excluding hydrogens is 378 g/mol. The van der Waals surface area contributed by atoms with Crippen LogP contribution in [0.1, 0.15) is 85.5 Å². The van der Waals surface area contributed by atoms with Gasteiger partial charge in [-0.25, -0.2) is 4.79 Å². The predicted octanol–water partition coefficient (Wildman–Crippen LogP) is 6.96. The SMILES string of the molecule is CCCC[N+](CCCC)(CCCC)CCCC.COC(=O)/C=C/CC[B-](F)(F)F. The lowest BCUT2D eigenvalue weighted by Gasteiger charge is -2.39. The highest BCUT2D eigenvalue weighted by atomic mass is 19.4. The third-order valence-corrected chi connectivity index (χ3v) is 5.06. The Hall–Kier alpha value is -0.975. The maximum Gasteiger partial charge on any atom is 0.478 e. The van der Waals surface area contributed by atoms with E-state index in [0.29, 0.717) is 0 Å². The number of carbonyl (C=O) groups is 1. The maximum atomic E-state index is 11.6. The second-order valence-corrected chi connectivity index (χ2v) is 7.86. The molecule has 0 bridgehead atoms. The molecule has 0 unspecified atom stereocenters. The van der Waals surface area contributed by atoms with Crippen LogP contribution in [-0.4, -0.2) is 50.7 Å². The molecule has 0 aliphatic rings. The molecule has 0 aromatic rings. The fourth-order valence-corrected chi connectivity index (χ4v) is 3.18. The van der Waals surface area contributed by atoms with Gasteiger partial charge >= 0.3 is 12.9 Å². The molecule has 0 saturated carbocycles. The first-order chi connectivity index (χ1) is 13.7. The minimum absolute atomic E-state index is 0.168. The zero-order chi connectivity index (χ0) is 22.6. The molecule has 0 aliphatic heterocycles. The highest BCUT2D eigenvalue weighted by Crippen LogP contribution is 2.17. The minimum Gasteiger partial charge on any atom is -0.466 e. The normalized spacial score (nSPS) is 12.0. The molecule has 0 aliphatic carbocycles. The third-order valence-electron chi connectivity index (χ3n) is 5.06. The average Bonchev–Trinajstić information content (AvgIpc) is 2.69. The lowest BCUT2D eigenvalue weighted by molar-refractivity contribution is -0.929. The molecule has 0 aromatic heterocycles. The molecule has 0 fully saturated rings. The van der Waals surface area contributed by atoms with Crippen molar-refractivity contribution in [2.24, 2.45) is 0 Å². The van der Waals surface area contributed by atoms with E-state index in [2.05, 4.69) is 32.4 Å². The smallest absolute Gasteiger partial charge is 0.466 e. The van der Waals surface area contributed by atoms with Gasteiger partial charge in [-0.15, -0.1) is 0 Å². The Morgan fingerprint density at radius 3 is 1.48 bits per heavy atom. The van der Waals surface area contributed by atoms with E-state index in [1.54, 1.807) is 0 Å². The largest absolute Gasteiger partial charge is 0.478 e. The number of rotatable bonds is 16. The number of esters is 1. The molecule has 0 amide bonds. The molecule has 0 saturated heterocycles. The summed E-state index contributed by atoms with van der Waals surface area (Å²) in [5, 5.41) is 0. The summed E-state index contributed by atoms with van der Waals surface area (Å²) in [7, 11) is 1.17. The molecule has 0 aromatic carbocycles. The van der Waals surface area contributed by atoms with Gasteiger partial charge in [0.2, 0.25) is 0 Å². The van der Waals surface area contributed by atoms with E-state index in [1.807, 2.05) is 0 Å². The van der Waals surface area contributed by atoms with E-state index < -0.39 is 19.3 Å². The lowest BCUT2D eigenvalue weighted by atomic mass is 9.84. The van der Waals surface area contributed by atoms with Gasteiger partial charge in [-0.3, -0.25) is 0 Å². The Morgan fingerprint density at radius 2 is 1.21 bits per heavy atom. The van der Waals surface area contributed by atoms with Crippen molar-refractivity contribution in [2.75, 3.05) is 33.3 Å². The fourth-order valence-electron chi connectivity index (χ4n) is 3.18. The Bertz CT molecular complexity index is 378. The van der Waals surface area contributed by atoms with Crippen molar-refractivity contribution >= 4 is 12.9 Å². The molecule has 0 N–H and O–H groups in total. The highest BCUT2D eigenvalue weighted by molar-refractivity contribution is 6.58. The van der Waals surface area contributed by atoms with Crippen LogP contribution in [0.2, 0.25) is 6.32 Å². The third kappa shape index (κ3) is 20.1. The summed E-state index contributed by atoms with van der Waals surface area (Å²) in [6, 6.07) is 0. The summed E-state index contributed by atoms with van der Waals surface area (Å²) >= 11 is 0. The van der Waals surface area contributed by atoms with Gasteiger partial charge in [-0.1, -0.05) is 72.2 Å². The van der Waals surface area contributed by atoms with Crippen molar-refractivity contribution in [1.29, 1.82) is 0 Å². The summed E-state index contributed by atoms with van der Waals surface area (Å²) in [5.41, 5.74) is 0. The van der Waals surface area contributed by atoms with E-state index in [4.69, 9.17) is 0 Å². The molecular formula is C22H45BF3NO2. The first-order valence-electron chi connectivity index (χ1n) is 11.5. The quantitative estimate of drug-likeness (QED) is 0.116. The van der Waals surface area contributed by atoms with Crippen LogP contribution in [0.3, 0.4) is 0 Å². The molecule has 174 valence electrons. The number of hydrogen-bond acceptors (Lipinski definition) is 2. The van der Waals surface area contributed by atoms with Crippen LogP contribution in [0.4, 0.5) is 12.9 Å². The Morgan fingerprint density at radius 1 is 0.828 bits per heavy atom. The first-order valence-corrected chi connectivity index (χ1v) is 11.5.